The molecule has 1 rings (SSSR count). The van der Waals surface area contributed by atoms with Gasteiger partial charge in [0.2, 0.25) is 5.91 Å². The van der Waals surface area contributed by atoms with Gasteiger partial charge in [0.25, 0.3) is 5.69 Å². The second-order valence-corrected chi connectivity index (χ2v) is 4.08. The Labute approximate surface area is 111 Å². The van der Waals surface area contributed by atoms with Gasteiger partial charge in [-0.25, -0.2) is 0 Å². The number of amides is 1. The molecule has 0 bridgehead atoms. The molecule has 0 saturated carbocycles. The van der Waals surface area contributed by atoms with Gasteiger partial charge in [-0.1, -0.05) is 19.1 Å². The van der Waals surface area contributed by atoms with Crippen molar-refractivity contribution in [3.8, 4) is 0 Å². The lowest BCUT2D eigenvalue weighted by Gasteiger charge is -2.20. The van der Waals surface area contributed by atoms with Crippen molar-refractivity contribution in [2.24, 2.45) is 0 Å². The predicted octanol–water partition coefficient (Wildman–Crippen LogP) is 0.745. The number of hydrogen-bond donors (Lipinski definition) is 2. The third kappa shape index (κ3) is 3.92. The summed E-state index contributed by atoms with van der Waals surface area (Å²) in [5.41, 5.74) is 6.49. The molecule has 0 atom stereocenters. The molecular weight excluding hydrogens is 248 g/mol. The van der Waals surface area contributed by atoms with Gasteiger partial charge in [0.15, 0.2) is 0 Å². The van der Waals surface area contributed by atoms with Gasteiger partial charge in [-0.3, -0.25) is 19.8 Å². The van der Waals surface area contributed by atoms with Gasteiger partial charge in [0.1, 0.15) is 5.69 Å². The molecule has 1 aromatic rings. The number of nitro groups is 1. The van der Waals surface area contributed by atoms with Crippen LogP contribution < -0.4 is 11.1 Å². The van der Waals surface area contributed by atoms with E-state index in [-0.39, 0.29) is 23.8 Å². The number of carbonyl (C=O) groups is 1. The van der Waals surface area contributed by atoms with Crippen LogP contribution in [-0.4, -0.2) is 35.9 Å². The summed E-state index contributed by atoms with van der Waals surface area (Å²) < 4.78 is 0. The van der Waals surface area contributed by atoms with E-state index in [1.54, 1.807) is 19.2 Å². The molecule has 0 saturated heterocycles. The zero-order chi connectivity index (χ0) is 14.4. The number of anilines is 1. The summed E-state index contributed by atoms with van der Waals surface area (Å²) in [5, 5.41) is 13.3. The highest BCUT2D eigenvalue weighted by molar-refractivity contribution is 5.77. The number of rotatable bonds is 6. The molecule has 0 aliphatic heterocycles. The van der Waals surface area contributed by atoms with E-state index in [4.69, 9.17) is 5.73 Å². The van der Waals surface area contributed by atoms with Crippen LogP contribution in [0.5, 0.6) is 0 Å². The van der Waals surface area contributed by atoms with Crippen LogP contribution in [0.1, 0.15) is 12.5 Å². The second kappa shape index (κ2) is 6.69. The van der Waals surface area contributed by atoms with E-state index in [0.29, 0.717) is 18.7 Å². The summed E-state index contributed by atoms with van der Waals surface area (Å²) in [6.07, 6.45) is 0. The fraction of sp³-hybridized carbons (Fsp3) is 0.417. The molecule has 7 nitrogen and oxygen atoms in total. The van der Waals surface area contributed by atoms with Gasteiger partial charge < -0.3 is 11.1 Å². The minimum Gasteiger partial charge on any atom is -0.393 e. The van der Waals surface area contributed by atoms with Crippen LogP contribution in [0.3, 0.4) is 0 Å². The van der Waals surface area contributed by atoms with E-state index in [2.05, 4.69) is 5.32 Å². The Bertz CT molecular complexity index is 476. The van der Waals surface area contributed by atoms with Crippen molar-refractivity contribution in [3.63, 3.8) is 0 Å². The number of nitrogens with zero attached hydrogens (tertiary/aromatic N) is 2. The number of likely N-dealkylation sites (N-methyl/N-ethyl adjacent to an activating group) is 2. The van der Waals surface area contributed by atoms with E-state index in [1.165, 1.54) is 6.07 Å². The number of para-hydroxylation sites is 1. The monoisotopic (exact) mass is 266 g/mol. The molecule has 0 unspecified atom stereocenters. The molecule has 0 aliphatic carbocycles. The van der Waals surface area contributed by atoms with Gasteiger partial charge in [-0.2, -0.15) is 0 Å². The number of nitrogens with one attached hydrogen (secondary N) is 1. The van der Waals surface area contributed by atoms with Crippen molar-refractivity contribution in [1.82, 2.24) is 10.2 Å². The first-order valence-electron chi connectivity index (χ1n) is 5.94. The van der Waals surface area contributed by atoms with Gasteiger partial charge in [-0.15, -0.1) is 0 Å². The Morgan fingerprint density at radius 3 is 2.74 bits per heavy atom. The first-order valence-corrected chi connectivity index (χ1v) is 5.94. The van der Waals surface area contributed by atoms with Crippen LogP contribution in [0, 0.1) is 10.1 Å². The smallest absolute Gasteiger partial charge is 0.292 e. The lowest BCUT2D eigenvalue weighted by molar-refractivity contribution is -0.384. The average molecular weight is 266 g/mol. The summed E-state index contributed by atoms with van der Waals surface area (Å²) in [4.78, 5) is 23.5. The number of hydrogen-bond acceptors (Lipinski definition) is 5. The molecular formula is C12H18N4O3. The first-order chi connectivity index (χ1) is 8.99. The maximum atomic E-state index is 11.3. The zero-order valence-electron chi connectivity index (χ0n) is 11.0. The van der Waals surface area contributed by atoms with Gasteiger partial charge in [0.05, 0.1) is 11.5 Å². The van der Waals surface area contributed by atoms with Crippen LogP contribution in [0.4, 0.5) is 11.4 Å². The summed E-state index contributed by atoms with van der Waals surface area (Å²) in [6.45, 7) is 3.19. The zero-order valence-corrected chi connectivity index (χ0v) is 11.0. The van der Waals surface area contributed by atoms with E-state index < -0.39 is 4.92 Å². The van der Waals surface area contributed by atoms with E-state index >= 15 is 0 Å². The van der Waals surface area contributed by atoms with Crippen molar-refractivity contribution in [3.05, 3.63) is 33.9 Å². The lowest BCUT2D eigenvalue weighted by Crippen LogP contribution is -2.35. The molecule has 1 amide bonds. The number of nitro benzene ring substituents is 1. The van der Waals surface area contributed by atoms with Crippen molar-refractivity contribution >= 4 is 17.3 Å². The third-order valence-corrected chi connectivity index (χ3v) is 2.86. The number of benzene rings is 1. The van der Waals surface area contributed by atoms with Crippen LogP contribution in [0.2, 0.25) is 0 Å². The van der Waals surface area contributed by atoms with Crippen molar-refractivity contribution in [1.29, 1.82) is 0 Å². The Kier molecular flexibility index (Phi) is 5.25. The van der Waals surface area contributed by atoms with Gasteiger partial charge in [0, 0.05) is 19.7 Å². The summed E-state index contributed by atoms with van der Waals surface area (Å²) in [6, 6.07) is 4.69. The maximum Gasteiger partial charge on any atom is 0.292 e. The van der Waals surface area contributed by atoms with Crippen LogP contribution in [0.25, 0.3) is 0 Å². The maximum absolute atomic E-state index is 11.3. The molecule has 104 valence electrons. The fourth-order valence-electron chi connectivity index (χ4n) is 1.70. The van der Waals surface area contributed by atoms with Crippen molar-refractivity contribution in [2.45, 2.75) is 13.5 Å². The highest BCUT2D eigenvalue weighted by Crippen LogP contribution is 2.25. The largest absolute Gasteiger partial charge is 0.393 e. The van der Waals surface area contributed by atoms with Crippen LogP contribution in [0.15, 0.2) is 18.2 Å². The van der Waals surface area contributed by atoms with Crippen LogP contribution in [-0.2, 0) is 11.3 Å². The molecule has 7 heteroatoms. The molecule has 19 heavy (non-hydrogen) atoms. The quantitative estimate of drug-likeness (QED) is 0.449. The Morgan fingerprint density at radius 2 is 2.21 bits per heavy atom. The molecule has 0 radical (unpaired) electrons. The molecule has 0 spiro atoms. The molecule has 0 aliphatic rings. The number of carbonyl (C=O) groups excluding carboxylic acids is 1. The minimum atomic E-state index is -0.506. The highest BCUT2D eigenvalue weighted by Gasteiger charge is 2.16. The molecule has 1 aromatic carbocycles. The molecule has 0 fully saturated rings. The highest BCUT2D eigenvalue weighted by atomic mass is 16.6. The number of nitrogens with two attached hydrogens (primary N) is 1. The van der Waals surface area contributed by atoms with Gasteiger partial charge in [-0.05, 0) is 12.1 Å². The van der Waals surface area contributed by atoms with E-state index in [9.17, 15) is 14.9 Å². The normalized spacial score (nSPS) is 10.5. The lowest BCUT2D eigenvalue weighted by atomic mass is 10.1. The Morgan fingerprint density at radius 1 is 1.53 bits per heavy atom. The predicted molar refractivity (Wildman–Crippen MR) is 72.5 cm³/mol. The molecule has 3 N–H and O–H groups in total. The Hall–Kier alpha value is -2.15. The third-order valence-electron chi connectivity index (χ3n) is 2.86. The van der Waals surface area contributed by atoms with Crippen molar-refractivity contribution in [2.75, 3.05) is 25.9 Å². The second-order valence-electron chi connectivity index (χ2n) is 4.08. The van der Waals surface area contributed by atoms with Crippen LogP contribution >= 0.6 is 0 Å². The minimum absolute atomic E-state index is 0.103. The average Bonchev–Trinajstić information content (AvgIpc) is 2.39. The Balaban J connectivity index is 2.88. The van der Waals surface area contributed by atoms with Crippen molar-refractivity contribution < 1.29 is 9.72 Å². The number of nitrogen functional groups attached to an aromatic ring is 1. The molecule has 0 heterocycles. The summed E-state index contributed by atoms with van der Waals surface area (Å²) >= 11 is 0. The summed E-state index contributed by atoms with van der Waals surface area (Å²) in [5.74, 6) is -0.106. The molecule has 0 aromatic heterocycles. The summed E-state index contributed by atoms with van der Waals surface area (Å²) in [7, 11) is 1.57. The standard InChI is InChI=1S/C12H18N4O3/c1-3-15(8-11(17)14-2)7-9-5-4-6-10(12(9)13)16(18)19/h4-6H,3,7-8,13H2,1-2H3,(H,14,17). The van der Waals surface area contributed by atoms with E-state index in [0.717, 1.165) is 0 Å². The SMILES string of the molecule is CCN(CC(=O)NC)Cc1cccc([N+](=O)[O-])c1N. The van der Waals surface area contributed by atoms with E-state index in [1.807, 2.05) is 11.8 Å². The van der Waals surface area contributed by atoms with Gasteiger partial charge >= 0.3 is 0 Å². The topological polar surface area (TPSA) is 102 Å². The fourth-order valence-corrected chi connectivity index (χ4v) is 1.70. The first kappa shape index (κ1) is 14.9.